The molecule has 8 heteroatoms. The number of aryl methyl sites for hydroxylation is 1. The Morgan fingerprint density at radius 3 is 2.86 bits per heavy atom. The van der Waals surface area contributed by atoms with Crippen LogP contribution in [0, 0.1) is 11.3 Å². The molecule has 1 aromatic heterocycles. The molecule has 0 saturated carbocycles. The second-order valence-corrected chi connectivity index (χ2v) is 7.50. The third-order valence-corrected chi connectivity index (χ3v) is 5.74. The number of nitrogens with zero attached hydrogens (tertiary/aromatic N) is 2. The summed E-state index contributed by atoms with van der Waals surface area (Å²) in [6, 6.07) is 6.01. The monoisotopic (exact) mass is 341 g/mol. The Hall–Kier alpha value is -1.46. The van der Waals surface area contributed by atoms with Crippen molar-refractivity contribution in [3.05, 3.63) is 44.9 Å². The lowest BCUT2D eigenvalue weighted by Gasteiger charge is -2.07. The fourth-order valence-electron chi connectivity index (χ4n) is 1.61. The van der Waals surface area contributed by atoms with E-state index < -0.39 is 10.0 Å². The van der Waals surface area contributed by atoms with E-state index >= 15 is 0 Å². The Morgan fingerprint density at radius 2 is 2.24 bits per heavy atom. The van der Waals surface area contributed by atoms with Gasteiger partial charge in [0.15, 0.2) is 0 Å². The molecular formula is C13H12ClN3O2S2. The van der Waals surface area contributed by atoms with Crippen molar-refractivity contribution in [1.82, 2.24) is 9.71 Å². The van der Waals surface area contributed by atoms with Crippen LogP contribution in [0.2, 0.25) is 5.02 Å². The van der Waals surface area contributed by atoms with Crippen LogP contribution in [0.5, 0.6) is 0 Å². The summed E-state index contributed by atoms with van der Waals surface area (Å²) >= 11 is 7.36. The third-order valence-electron chi connectivity index (χ3n) is 2.71. The molecule has 0 aliphatic heterocycles. The quantitative estimate of drug-likeness (QED) is 0.906. The normalized spacial score (nSPS) is 11.3. The van der Waals surface area contributed by atoms with E-state index in [1.807, 2.05) is 13.0 Å². The van der Waals surface area contributed by atoms with Crippen molar-refractivity contribution in [2.45, 2.75) is 24.8 Å². The molecule has 5 nitrogen and oxygen atoms in total. The van der Waals surface area contributed by atoms with Crippen LogP contribution in [0.25, 0.3) is 0 Å². The maximum absolute atomic E-state index is 12.2. The van der Waals surface area contributed by atoms with Gasteiger partial charge in [0, 0.05) is 11.1 Å². The molecule has 21 heavy (non-hydrogen) atoms. The third kappa shape index (κ3) is 3.80. The Bertz CT molecular complexity index is 794. The molecule has 0 amide bonds. The molecule has 0 atom stereocenters. The fourth-order valence-corrected chi connectivity index (χ4v) is 4.01. The van der Waals surface area contributed by atoms with E-state index in [0.717, 1.165) is 11.3 Å². The predicted molar refractivity (Wildman–Crippen MR) is 81.7 cm³/mol. The number of thiazole rings is 1. The van der Waals surface area contributed by atoms with Crippen LogP contribution in [-0.2, 0) is 23.0 Å². The van der Waals surface area contributed by atoms with Gasteiger partial charge in [0.25, 0.3) is 0 Å². The summed E-state index contributed by atoms with van der Waals surface area (Å²) in [6.07, 6.45) is 2.60. The molecule has 0 saturated heterocycles. The number of benzene rings is 1. The van der Waals surface area contributed by atoms with Crippen molar-refractivity contribution in [2.75, 3.05) is 0 Å². The van der Waals surface area contributed by atoms with E-state index in [9.17, 15) is 8.42 Å². The topological polar surface area (TPSA) is 82.8 Å². The largest absolute Gasteiger partial charge is 0.248 e. The molecule has 1 N–H and O–H groups in total. The summed E-state index contributed by atoms with van der Waals surface area (Å²) in [4.78, 5) is 5.14. The summed E-state index contributed by atoms with van der Waals surface area (Å²) in [5, 5.41) is 9.60. The molecule has 0 unspecified atom stereocenters. The number of rotatable bonds is 5. The Morgan fingerprint density at radius 1 is 1.48 bits per heavy atom. The lowest BCUT2D eigenvalue weighted by Crippen LogP contribution is -2.23. The number of hydrogen-bond acceptors (Lipinski definition) is 5. The van der Waals surface area contributed by atoms with Crippen molar-refractivity contribution in [3.63, 3.8) is 0 Å². The molecule has 0 aliphatic rings. The highest BCUT2D eigenvalue weighted by molar-refractivity contribution is 7.89. The molecule has 0 fully saturated rings. The maximum atomic E-state index is 12.2. The second-order valence-electron chi connectivity index (χ2n) is 4.16. The van der Waals surface area contributed by atoms with Gasteiger partial charge >= 0.3 is 0 Å². The molecule has 2 rings (SSSR count). The first-order valence-electron chi connectivity index (χ1n) is 6.09. The lowest BCUT2D eigenvalue weighted by molar-refractivity contribution is 0.581. The van der Waals surface area contributed by atoms with Crippen LogP contribution < -0.4 is 4.72 Å². The minimum atomic E-state index is -3.79. The van der Waals surface area contributed by atoms with Gasteiger partial charge in [-0.3, -0.25) is 0 Å². The Balaban J connectivity index is 2.20. The number of nitrogens with one attached hydrogen (secondary N) is 1. The number of nitriles is 1. The lowest BCUT2D eigenvalue weighted by atomic mass is 10.2. The van der Waals surface area contributed by atoms with E-state index in [2.05, 4.69) is 9.71 Å². The Labute approximate surface area is 132 Å². The molecule has 0 spiro atoms. The molecule has 0 radical (unpaired) electrons. The number of hydrogen-bond donors (Lipinski definition) is 1. The number of aromatic nitrogens is 1. The van der Waals surface area contributed by atoms with E-state index in [1.54, 1.807) is 6.20 Å². The van der Waals surface area contributed by atoms with Gasteiger partial charge in [0.1, 0.15) is 9.90 Å². The van der Waals surface area contributed by atoms with E-state index in [-0.39, 0.29) is 22.0 Å². The molecule has 1 aromatic carbocycles. The van der Waals surface area contributed by atoms with E-state index in [0.29, 0.717) is 5.01 Å². The van der Waals surface area contributed by atoms with Crippen molar-refractivity contribution >= 4 is 33.0 Å². The van der Waals surface area contributed by atoms with E-state index in [1.165, 1.54) is 29.5 Å². The number of halogens is 1. The van der Waals surface area contributed by atoms with Crippen molar-refractivity contribution < 1.29 is 8.42 Å². The van der Waals surface area contributed by atoms with Crippen LogP contribution in [0.4, 0.5) is 0 Å². The van der Waals surface area contributed by atoms with Gasteiger partial charge in [0.2, 0.25) is 10.0 Å². The fraction of sp³-hybridized carbons (Fsp3) is 0.231. The van der Waals surface area contributed by atoms with Crippen LogP contribution in [-0.4, -0.2) is 13.4 Å². The maximum Gasteiger partial charge on any atom is 0.242 e. The zero-order valence-corrected chi connectivity index (χ0v) is 13.5. The smallest absolute Gasteiger partial charge is 0.242 e. The molecule has 0 aliphatic carbocycles. The van der Waals surface area contributed by atoms with Crippen molar-refractivity contribution in [1.29, 1.82) is 5.26 Å². The summed E-state index contributed by atoms with van der Waals surface area (Å²) in [5.41, 5.74) is 0.238. The molecule has 1 heterocycles. The van der Waals surface area contributed by atoms with Gasteiger partial charge in [0.05, 0.1) is 23.2 Å². The summed E-state index contributed by atoms with van der Waals surface area (Å²) < 4.78 is 26.9. The van der Waals surface area contributed by atoms with Gasteiger partial charge < -0.3 is 0 Å². The minimum absolute atomic E-state index is 0.0786. The van der Waals surface area contributed by atoms with Crippen LogP contribution in [0.1, 0.15) is 22.4 Å². The highest BCUT2D eigenvalue weighted by Crippen LogP contribution is 2.23. The molecule has 110 valence electrons. The predicted octanol–water partition coefficient (Wildman–Crippen LogP) is 2.71. The summed E-state index contributed by atoms with van der Waals surface area (Å²) in [7, 11) is -3.79. The first-order chi connectivity index (χ1) is 9.96. The van der Waals surface area contributed by atoms with Gasteiger partial charge in [-0.2, -0.15) is 5.26 Å². The first-order valence-corrected chi connectivity index (χ1v) is 8.77. The first kappa shape index (κ1) is 15.9. The van der Waals surface area contributed by atoms with Crippen molar-refractivity contribution in [2.24, 2.45) is 0 Å². The summed E-state index contributed by atoms with van der Waals surface area (Å²) in [5.74, 6) is 0. The molecule has 0 bridgehead atoms. The minimum Gasteiger partial charge on any atom is -0.248 e. The highest BCUT2D eigenvalue weighted by atomic mass is 35.5. The summed E-state index contributed by atoms with van der Waals surface area (Å²) in [6.45, 7) is 2.11. The van der Waals surface area contributed by atoms with Gasteiger partial charge in [-0.25, -0.2) is 18.1 Å². The average molecular weight is 342 g/mol. The standard InChI is InChI=1S/C13H12ClN3O2S2/c1-2-10-7-16-13(20-10)8-17-21(18,19)12-5-9(6-15)3-4-11(12)14/h3-5,7,17H,2,8H2,1H3. The zero-order chi connectivity index (χ0) is 15.5. The Kier molecular flexibility index (Phi) is 4.96. The van der Waals surface area contributed by atoms with Gasteiger partial charge in [-0.15, -0.1) is 11.3 Å². The van der Waals surface area contributed by atoms with Crippen LogP contribution >= 0.6 is 22.9 Å². The SMILES string of the molecule is CCc1cnc(CNS(=O)(=O)c2cc(C#N)ccc2Cl)s1. The van der Waals surface area contributed by atoms with Crippen molar-refractivity contribution in [3.8, 4) is 6.07 Å². The highest BCUT2D eigenvalue weighted by Gasteiger charge is 2.19. The average Bonchev–Trinajstić information content (AvgIpc) is 2.94. The zero-order valence-electron chi connectivity index (χ0n) is 11.1. The second kappa shape index (κ2) is 6.54. The number of sulfonamides is 1. The van der Waals surface area contributed by atoms with Crippen LogP contribution in [0.15, 0.2) is 29.3 Å². The van der Waals surface area contributed by atoms with E-state index in [4.69, 9.17) is 16.9 Å². The van der Waals surface area contributed by atoms with Gasteiger partial charge in [-0.05, 0) is 24.6 Å². The van der Waals surface area contributed by atoms with Crippen LogP contribution in [0.3, 0.4) is 0 Å². The molecular weight excluding hydrogens is 330 g/mol. The van der Waals surface area contributed by atoms with Gasteiger partial charge in [-0.1, -0.05) is 18.5 Å². The molecule has 2 aromatic rings.